The van der Waals surface area contributed by atoms with E-state index in [2.05, 4.69) is 12.2 Å². The standard InChI is InChI=1S/C15H24ClNO3/c1-13(14-5-3-4-6-15(14)16)17-7-8-19-11-12-20-10-9-18-2/h3-6,13,17H,7-12H2,1-2H3. The predicted octanol–water partition coefficient (Wildman–Crippen LogP) is 2.67. The first-order valence-electron chi connectivity index (χ1n) is 6.88. The van der Waals surface area contributed by atoms with E-state index in [1.165, 1.54) is 0 Å². The molecule has 4 nitrogen and oxygen atoms in total. The summed E-state index contributed by atoms with van der Waals surface area (Å²) in [4.78, 5) is 0. The molecule has 1 atom stereocenters. The number of ether oxygens (including phenoxy) is 3. The summed E-state index contributed by atoms with van der Waals surface area (Å²) in [7, 11) is 1.66. The quantitative estimate of drug-likeness (QED) is 0.638. The van der Waals surface area contributed by atoms with Crippen LogP contribution in [0.2, 0.25) is 5.02 Å². The summed E-state index contributed by atoms with van der Waals surface area (Å²) in [5.74, 6) is 0. The summed E-state index contributed by atoms with van der Waals surface area (Å²) in [6, 6.07) is 8.08. The Hall–Kier alpha value is -0.650. The molecule has 0 fully saturated rings. The Bertz CT molecular complexity index is 363. The van der Waals surface area contributed by atoms with E-state index in [-0.39, 0.29) is 6.04 Å². The lowest BCUT2D eigenvalue weighted by Gasteiger charge is -2.15. The zero-order chi connectivity index (χ0) is 14.6. The van der Waals surface area contributed by atoms with Crippen molar-refractivity contribution in [2.24, 2.45) is 0 Å². The van der Waals surface area contributed by atoms with Gasteiger partial charge in [-0.1, -0.05) is 29.8 Å². The van der Waals surface area contributed by atoms with Gasteiger partial charge in [-0.05, 0) is 18.6 Å². The summed E-state index contributed by atoms with van der Waals surface area (Å²) in [5.41, 5.74) is 1.11. The van der Waals surface area contributed by atoms with Crippen molar-refractivity contribution in [3.8, 4) is 0 Å². The van der Waals surface area contributed by atoms with Crippen molar-refractivity contribution in [3.63, 3.8) is 0 Å². The molecule has 5 heteroatoms. The van der Waals surface area contributed by atoms with E-state index in [1.54, 1.807) is 7.11 Å². The highest BCUT2D eigenvalue weighted by molar-refractivity contribution is 6.31. The molecule has 0 aliphatic rings. The molecule has 0 amide bonds. The van der Waals surface area contributed by atoms with Crippen molar-refractivity contribution < 1.29 is 14.2 Å². The van der Waals surface area contributed by atoms with Crippen LogP contribution in [0.1, 0.15) is 18.5 Å². The Labute approximate surface area is 126 Å². The van der Waals surface area contributed by atoms with Crippen LogP contribution in [0.4, 0.5) is 0 Å². The van der Waals surface area contributed by atoms with Crippen LogP contribution in [0.15, 0.2) is 24.3 Å². The van der Waals surface area contributed by atoms with E-state index in [0.717, 1.165) is 17.1 Å². The Balaban J connectivity index is 2.03. The van der Waals surface area contributed by atoms with Crippen LogP contribution in [0.3, 0.4) is 0 Å². The van der Waals surface area contributed by atoms with Crippen LogP contribution in [0.25, 0.3) is 0 Å². The number of rotatable bonds is 11. The highest BCUT2D eigenvalue weighted by Gasteiger charge is 2.07. The van der Waals surface area contributed by atoms with Crippen molar-refractivity contribution in [3.05, 3.63) is 34.9 Å². The molecule has 0 radical (unpaired) electrons. The fourth-order valence-corrected chi connectivity index (χ4v) is 2.05. The molecule has 0 saturated carbocycles. The molecule has 1 rings (SSSR count). The third-order valence-electron chi connectivity index (χ3n) is 2.87. The third kappa shape index (κ3) is 7.22. The lowest BCUT2D eigenvalue weighted by atomic mass is 10.1. The fourth-order valence-electron chi connectivity index (χ4n) is 1.75. The molecule has 0 bridgehead atoms. The molecule has 0 heterocycles. The first-order chi connectivity index (χ1) is 9.75. The van der Waals surface area contributed by atoms with Crippen LogP contribution >= 0.6 is 11.6 Å². The van der Waals surface area contributed by atoms with Gasteiger partial charge in [0.15, 0.2) is 0 Å². The minimum Gasteiger partial charge on any atom is -0.382 e. The highest BCUT2D eigenvalue weighted by atomic mass is 35.5. The topological polar surface area (TPSA) is 39.7 Å². The van der Waals surface area contributed by atoms with Crippen molar-refractivity contribution in [1.82, 2.24) is 5.32 Å². The van der Waals surface area contributed by atoms with Gasteiger partial charge in [0.25, 0.3) is 0 Å². The van der Waals surface area contributed by atoms with Crippen LogP contribution in [0, 0.1) is 0 Å². The van der Waals surface area contributed by atoms with Gasteiger partial charge in [0.1, 0.15) is 0 Å². The van der Waals surface area contributed by atoms with E-state index in [4.69, 9.17) is 25.8 Å². The minimum absolute atomic E-state index is 0.213. The van der Waals surface area contributed by atoms with E-state index < -0.39 is 0 Å². The van der Waals surface area contributed by atoms with Gasteiger partial charge >= 0.3 is 0 Å². The molecule has 0 saturated heterocycles. The second-order valence-electron chi connectivity index (χ2n) is 4.41. The van der Waals surface area contributed by atoms with Gasteiger partial charge in [0.2, 0.25) is 0 Å². The summed E-state index contributed by atoms with van der Waals surface area (Å²) >= 11 is 6.14. The normalized spacial score (nSPS) is 12.6. The monoisotopic (exact) mass is 301 g/mol. The molecule has 1 unspecified atom stereocenters. The average molecular weight is 302 g/mol. The molecule has 1 N–H and O–H groups in total. The maximum absolute atomic E-state index is 6.14. The predicted molar refractivity (Wildman–Crippen MR) is 81.4 cm³/mol. The molecule has 0 aliphatic carbocycles. The summed E-state index contributed by atoms with van der Waals surface area (Å²) in [6.07, 6.45) is 0. The van der Waals surface area contributed by atoms with Gasteiger partial charge in [-0.15, -0.1) is 0 Å². The lowest BCUT2D eigenvalue weighted by Crippen LogP contribution is -2.24. The molecule has 114 valence electrons. The maximum atomic E-state index is 6.14. The highest BCUT2D eigenvalue weighted by Crippen LogP contribution is 2.21. The number of nitrogens with one attached hydrogen (secondary N) is 1. The van der Waals surface area contributed by atoms with E-state index in [0.29, 0.717) is 33.0 Å². The Morgan fingerprint density at radius 2 is 1.70 bits per heavy atom. The number of benzene rings is 1. The Morgan fingerprint density at radius 1 is 1.05 bits per heavy atom. The Morgan fingerprint density at radius 3 is 2.40 bits per heavy atom. The first-order valence-corrected chi connectivity index (χ1v) is 7.25. The second-order valence-corrected chi connectivity index (χ2v) is 4.82. The van der Waals surface area contributed by atoms with Gasteiger partial charge in [0.05, 0.1) is 33.0 Å². The van der Waals surface area contributed by atoms with Crippen LogP contribution < -0.4 is 5.32 Å². The van der Waals surface area contributed by atoms with Crippen LogP contribution in [-0.4, -0.2) is 46.7 Å². The SMILES string of the molecule is COCCOCCOCCNC(C)c1ccccc1Cl. The maximum Gasteiger partial charge on any atom is 0.0701 e. The summed E-state index contributed by atoms with van der Waals surface area (Å²) < 4.78 is 15.6. The van der Waals surface area contributed by atoms with Crippen LogP contribution in [-0.2, 0) is 14.2 Å². The molecule has 0 aromatic heterocycles. The lowest BCUT2D eigenvalue weighted by molar-refractivity contribution is 0.0253. The fraction of sp³-hybridized carbons (Fsp3) is 0.600. The Kier molecular flexibility index (Phi) is 9.62. The van der Waals surface area contributed by atoms with Crippen molar-refractivity contribution >= 4 is 11.6 Å². The van der Waals surface area contributed by atoms with E-state index in [9.17, 15) is 0 Å². The van der Waals surface area contributed by atoms with Gasteiger partial charge in [-0.2, -0.15) is 0 Å². The molecule has 1 aromatic rings. The smallest absolute Gasteiger partial charge is 0.0701 e. The molecule has 20 heavy (non-hydrogen) atoms. The van der Waals surface area contributed by atoms with Crippen molar-refractivity contribution in [2.75, 3.05) is 46.7 Å². The van der Waals surface area contributed by atoms with Crippen molar-refractivity contribution in [1.29, 1.82) is 0 Å². The number of hydrogen-bond acceptors (Lipinski definition) is 4. The van der Waals surface area contributed by atoms with Gasteiger partial charge in [-0.3, -0.25) is 0 Å². The van der Waals surface area contributed by atoms with E-state index >= 15 is 0 Å². The van der Waals surface area contributed by atoms with E-state index in [1.807, 2.05) is 24.3 Å². The van der Waals surface area contributed by atoms with Gasteiger partial charge in [-0.25, -0.2) is 0 Å². The first kappa shape index (κ1) is 17.4. The average Bonchev–Trinajstić information content (AvgIpc) is 2.46. The zero-order valence-corrected chi connectivity index (χ0v) is 13.0. The summed E-state index contributed by atoms with van der Waals surface area (Å²) in [6.45, 7) is 5.97. The van der Waals surface area contributed by atoms with Crippen LogP contribution in [0.5, 0.6) is 0 Å². The number of halogens is 1. The van der Waals surface area contributed by atoms with Crippen molar-refractivity contribution in [2.45, 2.75) is 13.0 Å². The summed E-state index contributed by atoms with van der Waals surface area (Å²) in [5, 5.41) is 4.17. The molecule has 0 aliphatic heterocycles. The molecule has 0 spiro atoms. The third-order valence-corrected chi connectivity index (χ3v) is 3.22. The molecular weight excluding hydrogens is 278 g/mol. The number of hydrogen-bond donors (Lipinski definition) is 1. The zero-order valence-electron chi connectivity index (χ0n) is 12.2. The molecule has 1 aromatic carbocycles. The second kappa shape index (κ2) is 11.1. The molecular formula is C15H24ClNO3. The number of methoxy groups -OCH3 is 1. The minimum atomic E-state index is 0.213. The van der Waals surface area contributed by atoms with Gasteiger partial charge in [0, 0.05) is 24.7 Å². The largest absolute Gasteiger partial charge is 0.382 e. The van der Waals surface area contributed by atoms with Gasteiger partial charge < -0.3 is 19.5 Å².